The second kappa shape index (κ2) is 6.68. The van der Waals surface area contributed by atoms with Gasteiger partial charge < -0.3 is 10.6 Å². The third-order valence-electron chi connectivity index (χ3n) is 4.25. The molecule has 3 heterocycles. The lowest BCUT2D eigenvalue weighted by atomic mass is 10.0. The smallest absolute Gasteiger partial charge is 0.242 e. The highest BCUT2D eigenvalue weighted by Crippen LogP contribution is 2.25. The van der Waals surface area contributed by atoms with E-state index in [-0.39, 0.29) is 17.2 Å². The fourth-order valence-corrected chi connectivity index (χ4v) is 3.41. The van der Waals surface area contributed by atoms with Gasteiger partial charge in [0.25, 0.3) is 0 Å². The van der Waals surface area contributed by atoms with E-state index in [2.05, 4.69) is 25.5 Å². The average Bonchev–Trinajstić information content (AvgIpc) is 2.98. The molecule has 0 radical (unpaired) electrons. The molecular formula is C14H20ClN5O. The highest BCUT2D eigenvalue weighted by Gasteiger charge is 2.35. The number of hydrogen-bond acceptors (Lipinski definition) is 5. The Kier molecular flexibility index (Phi) is 4.67. The molecule has 2 aliphatic heterocycles. The van der Waals surface area contributed by atoms with Gasteiger partial charge in [-0.25, -0.2) is 9.97 Å². The van der Waals surface area contributed by atoms with Gasteiger partial charge >= 0.3 is 0 Å². The van der Waals surface area contributed by atoms with Crippen molar-refractivity contribution < 1.29 is 4.79 Å². The fraction of sp³-hybridized carbons (Fsp3) is 0.643. The highest BCUT2D eigenvalue weighted by atomic mass is 35.5. The number of anilines is 1. The van der Waals surface area contributed by atoms with Crippen LogP contribution in [0.3, 0.4) is 0 Å². The molecule has 2 aliphatic rings. The van der Waals surface area contributed by atoms with E-state index in [1.54, 1.807) is 12.3 Å². The first-order chi connectivity index (χ1) is 10.2. The number of nitrogens with zero attached hydrogens (tertiary/aromatic N) is 3. The van der Waals surface area contributed by atoms with Crippen molar-refractivity contribution in [1.82, 2.24) is 20.2 Å². The van der Waals surface area contributed by atoms with Gasteiger partial charge in [-0.05, 0) is 63.0 Å². The summed E-state index contributed by atoms with van der Waals surface area (Å²) in [6, 6.07) is 2.12. The molecule has 0 spiro atoms. The van der Waals surface area contributed by atoms with E-state index in [9.17, 15) is 4.79 Å². The number of nitrogens with one attached hydrogen (secondary N) is 2. The first kappa shape index (κ1) is 14.7. The van der Waals surface area contributed by atoms with Crippen LogP contribution in [0.2, 0.25) is 5.28 Å². The van der Waals surface area contributed by atoms with Crippen molar-refractivity contribution in [2.75, 3.05) is 25.0 Å². The van der Waals surface area contributed by atoms with E-state index in [0.29, 0.717) is 11.9 Å². The third-order valence-corrected chi connectivity index (χ3v) is 4.43. The Labute approximate surface area is 129 Å². The van der Waals surface area contributed by atoms with Gasteiger partial charge in [0.1, 0.15) is 5.82 Å². The van der Waals surface area contributed by atoms with Crippen LogP contribution in [0.1, 0.15) is 25.7 Å². The molecule has 0 bridgehead atoms. The van der Waals surface area contributed by atoms with Crippen LogP contribution in [0.25, 0.3) is 0 Å². The number of carbonyl (C=O) groups excluding carboxylic acids is 1. The molecule has 0 aliphatic carbocycles. The zero-order valence-electron chi connectivity index (χ0n) is 11.9. The minimum absolute atomic E-state index is 0.0146. The number of likely N-dealkylation sites (tertiary alicyclic amines) is 1. The minimum Gasteiger partial charge on any atom is -0.317 e. The van der Waals surface area contributed by atoms with Crippen LogP contribution < -0.4 is 10.6 Å². The Balaban J connectivity index is 1.65. The molecule has 2 saturated heterocycles. The summed E-state index contributed by atoms with van der Waals surface area (Å²) in [5.74, 6) is 0.484. The Morgan fingerprint density at radius 3 is 2.95 bits per heavy atom. The van der Waals surface area contributed by atoms with E-state index in [0.717, 1.165) is 45.3 Å². The van der Waals surface area contributed by atoms with E-state index in [4.69, 9.17) is 11.6 Å². The Morgan fingerprint density at radius 1 is 1.38 bits per heavy atom. The van der Waals surface area contributed by atoms with Crippen LogP contribution in [0, 0.1) is 0 Å². The van der Waals surface area contributed by atoms with E-state index < -0.39 is 0 Å². The minimum atomic E-state index is -0.0539. The highest BCUT2D eigenvalue weighted by molar-refractivity contribution is 6.28. The molecule has 0 aromatic carbocycles. The van der Waals surface area contributed by atoms with E-state index >= 15 is 0 Å². The number of hydrogen-bond donors (Lipinski definition) is 2. The molecule has 3 rings (SSSR count). The lowest BCUT2D eigenvalue weighted by Gasteiger charge is -2.35. The summed E-state index contributed by atoms with van der Waals surface area (Å²) >= 11 is 5.75. The summed E-state index contributed by atoms with van der Waals surface area (Å²) in [6.07, 6.45) is 5.76. The van der Waals surface area contributed by atoms with Gasteiger partial charge in [0, 0.05) is 12.2 Å². The molecule has 1 aromatic heterocycles. The molecule has 6 nitrogen and oxygen atoms in total. The number of amides is 1. The maximum Gasteiger partial charge on any atom is 0.242 e. The van der Waals surface area contributed by atoms with E-state index in [1.807, 2.05) is 0 Å². The van der Waals surface area contributed by atoms with Crippen molar-refractivity contribution in [1.29, 1.82) is 0 Å². The molecule has 114 valence electrons. The predicted molar refractivity (Wildman–Crippen MR) is 81.3 cm³/mol. The van der Waals surface area contributed by atoms with Crippen molar-refractivity contribution in [3.63, 3.8) is 0 Å². The van der Waals surface area contributed by atoms with Gasteiger partial charge in [-0.1, -0.05) is 0 Å². The van der Waals surface area contributed by atoms with Crippen molar-refractivity contribution in [3.8, 4) is 0 Å². The molecular weight excluding hydrogens is 290 g/mol. The summed E-state index contributed by atoms with van der Waals surface area (Å²) in [5, 5.41) is 6.38. The summed E-state index contributed by atoms with van der Waals surface area (Å²) in [4.78, 5) is 22.7. The topological polar surface area (TPSA) is 70.2 Å². The Hall–Kier alpha value is -1.24. The SMILES string of the molecule is O=C(Nc1ccnc(Cl)n1)C1CCCN1C1CCNCC1. The quantitative estimate of drug-likeness (QED) is 0.823. The molecule has 2 N–H and O–H groups in total. The van der Waals surface area contributed by atoms with Crippen LogP contribution in [-0.2, 0) is 4.79 Å². The molecule has 7 heteroatoms. The average molecular weight is 310 g/mol. The van der Waals surface area contributed by atoms with Gasteiger partial charge in [0.05, 0.1) is 6.04 Å². The van der Waals surface area contributed by atoms with Gasteiger partial charge in [-0.2, -0.15) is 0 Å². The first-order valence-corrected chi connectivity index (χ1v) is 7.88. The number of carbonyl (C=O) groups is 1. The lowest BCUT2D eigenvalue weighted by molar-refractivity contribution is -0.121. The zero-order valence-corrected chi connectivity index (χ0v) is 12.6. The Bertz CT molecular complexity index is 506. The number of halogens is 1. The van der Waals surface area contributed by atoms with Crippen molar-refractivity contribution in [2.45, 2.75) is 37.8 Å². The van der Waals surface area contributed by atoms with Crippen LogP contribution >= 0.6 is 11.6 Å². The van der Waals surface area contributed by atoms with Crippen LogP contribution in [-0.4, -0.2) is 52.5 Å². The molecule has 0 saturated carbocycles. The van der Waals surface area contributed by atoms with Crippen molar-refractivity contribution in [3.05, 3.63) is 17.5 Å². The summed E-state index contributed by atoms with van der Waals surface area (Å²) in [6.45, 7) is 3.08. The molecule has 2 fully saturated rings. The standard InChI is InChI=1S/C14H20ClN5O/c15-14-17-8-5-12(19-14)18-13(21)11-2-1-9-20(11)10-3-6-16-7-4-10/h5,8,10-11,16H,1-4,6-7,9H2,(H,17,18,19,21). The normalized spacial score (nSPS) is 24.1. The largest absolute Gasteiger partial charge is 0.317 e. The molecule has 21 heavy (non-hydrogen) atoms. The predicted octanol–water partition coefficient (Wildman–Crippen LogP) is 1.28. The number of aromatic nitrogens is 2. The molecule has 1 atom stereocenters. The number of piperidine rings is 1. The second-order valence-electron chi connectivity index (χ2n) is 5.58. The van der Waals surface area contributed by atoms with Crippen molar-refractivity contribution in [2.24, 2.45) is 0 Å². The Morgan fingerprint density at radius 2 is 2.19 bits per heavy atom. The first-order valence-electron chi connectivity index (χ1n) is 7.50. The maximum atomic E-state index is 12.5. The summed E-state index contributed by atoms with van der Waals surface area (Å²) in [7, 11) is 0. The molecule has 1 unspecified atom stereocenters. The van der Waals surface area contributed by atoms with E-state index in [1.165, 1.54) is 0 Å². The fourth-order valence-electron chi connectivity index (χ4n) is 3.26. The zero-order chi connectivity index (χ0) is 14.7. The maximum absolute atomic E-state index is 12.5. The van der Waals surface area contributed by atoms with Gasteiger partial charge in [-0.3, -0.25) is 9.69 Å². The number of rotatable bonds is 3. The van der Waals surface area contributed by atoms with Crippen LogP contribution in [0.5, 0.6) is 0 Å². The van der Waals surface area contributed by atoms with Gasteiger partial charge in [0.2, 0.25) is 11.2 Å². The molecule has 1 aromatic rings. The third kappa shape index (κ3) is 3.51. The van der Waals surface area contributed by atoms with Crippen LogP contribution in [0.4, 0.5) is 5.82 Å². The molecule has 1 amide bonds. The van der Waals surface area contributed by atoms with Crippen molar-refractivity contribution >= 4 is 23.3 Å². The second-order valence-corrected chi connectivity index (χ2v) is 5.92. The summed E-state index contributed by atoms with van der Waals surface area (Å²) in [5.41, 5.74) is 0. The van der Waals surface area contributed by atoms with Gasteiger partial charge in [0.15, 0.2) is 0 Å². The van der Waals surface area contributed by atoms with Gasteiger partial charge in [-0.15, -0.1) is 0 Å². The van der Waals surface area contributed by atoms with Crippen LogP contribution in [0.15, 0.2) is 12.3 Å². The lowest BCUT2D eigenvalue weighted by Crippen LogP contribution is -2.49. The summed E-state index contributed by atoms with van der Waals surface area (Å²) < 4.78 is 0. The monoisotopic (exact) mass is 309 g/mol.